The van der Waals surface area contributed by atoms with Crippen LogP contribution in [0.4, 0.5) is 0 Å². The Bertz CT molecular complexity index is 2400. The lowest BCUT2D eigenvalue weighted by molar-refractivity contribution is 0.0636. The molecule has 8 rings (SSSR count). The van der Waals surface area contributed by atoms with Crippen LogP contribution >= 0.6 is 0 Å². The number of rotatable bonds is 13. The Morgan fingerprint density at radius 1 is 0.537 bits per heavy atom. The Hall–Kier alpha value is -5.72. The zero-order valence-corrected chi connectivity index (χ0v) is 31.5. The molecule has 6 aromatic rings. The number of ether oxygens (including phenoxy) is 2. The monoisotopic (exact) mass is 728 g/mol. The third kappa shape index (κ3) is 5.34. The molecule has 2 aromatic heterocycles. The van der Waals surface area contributed by atoms with Crippen LogP contribution in [0.2, 0.25) is 0 Å². The van der Waals surface area contributed by atoms with Gasteiger partial charge in [0.15, 0.2) is 0 Å². The van der Waals surface area contributed by atoms with E-state index in [1.165, 1.54) is 9.80 Å². The van der Waals surface area contributed by atoms with Crippen molar-refractivity contribution >= 4 is 67.2 Å². The number of nitrogens with one attached hydrogen (secondary N) is 2. The summed E-state index contributed by atoms with van der Waals surface area (Å²) in [6, 6.07) is 15.5. The first-order chi connectivity index (χ1) is 26.1. The average molecular weight is 729 g/mol. The Morgan fingerprint density at radius 2 is 0.944 bits per heavy atom. The first kappa shape index (κ1) is 35.3. The molecule has 4 amide bonds. The van der Waals surface area contributed by atoms with Crippen molar-refractivity contribution in [1.29, 1.82) is 0 Å². The predicted molar refractivity (Wildman–Crippen MR) is 209 cm³/mol. The quantitative estimate of drug-likeness (QED) is 0.119. The van der Waals surface area contributed by atoms with Gasteiger partial charge in [0.05, 0.1) is 47.5 Å². The fourth-order valence-electron chi connectivity index (χ4n) is 8.62. The second-order valence-corrected chi connectivity index (χ2v) is 14.3. The van der Waals surface area contributed by atoms with Gasteiger partial charge >= 0.3 is 0 Å². The third-order valence-corrected chi connectivity index (χ3v) is 11.3. The summed E-state index contributed by atoms with van der Waals surface area (Å²) in [5, 5.41) is 10.6. The molecule has 0 unspecified atom stereocenters. The van der Waals surface area contributed by atoms with E-state index in [0.717, 1.165) is 66.2 Å². The maximum Gasteiger partial charge on any atom is 0.261 e. The molecule has 2 aliphatic heterocycles. The van der Waals surface area contributed by atoms with Crippen molar-refractivity contribution in [3.8, 4) is 11.5 Å². The predicted octanol–water partition coefficient (Wildman–Crippen LogP) is 5.46. The minimum atomic E-state index is -0.253. The van der Waals surface area contributed by atoms with E-state index in [-0.39, 0.29) is 23.6 Å². The van der Waals surface area contributed by atoms with Crippen LogP contribution in [-0.2, 0) is 14.1 Å². The number of imide groups is 2. The Kier molecular flexibility index (Phi) is 8.90. The zero-order valence-electron chi connectivity index (χ0n) is 31.5. The summed E-state index contributed by atoms with van der Waals surface area (Å²) in [5.41, 5.74) is 7.42. The number of methoxy groups -OCH3 is 2. The smallest absolute Gasteiger partial charge is 0.261 e. The van der Waals surface area contributed by atoms with Crippen LogP contribution in [0.5, 0.6) is 11.5 Å². The molecule has 2 N–H and O–H groups in total. The van der Waals surface area contributed by atoms with Gasteiger partial charge in [0.25, 0.3) is 23.6 Å². The number of aromatic nitrogens is 2. The van der Waals surface area contributed by atoms with Crippen molar-refractivity contribution in [2.24, 2.45) is 14.1 Å². The van der Waals surface area contributed by atoms with Gasteiger partial charge in [-0.1, -0.05) is 0 Å². The molecular formula is C42H44N6O6. The normalized spacial score (nSPS) is 14.2. The number of hydrogen-bond acceptors (Lipinski definition) is 8. The fourth-order valence-corrected chi connectivity index (χ4v) is 8.62. The highest BCUT2D eigenvalue weighted by atomic mass is 16.5. The molecule has 12 nitrogen and oxygen atoms in total. The third-order valence-electron chi connectivity index (χ3n) is 11.3. The van der Waals surface area contributed by atoms with Gasteiger partial charge in [0, 0.05) is 72.9 Å². The van der Waals surface area contributed by atoms with E-state index in [0.29, 0.717) is 74.4 Å². The molecule has 0 aliphatic carbocycles. The lowest BCUT2D eigenvalue weighted by atomic mass is 9.99. The molecule has 0 fully saturated rings. The van der Waals surface area contributed by atoms with Gasteiger partial charge in [0.1, 0.15) is 11.5 Å². The lowest BCUT2D eigenvalue weighted by Gasteiger charge is -2.15. The van der Waals surface area contributed by atoms with Crippen molar-refractivity contribution < 1.29 is 28.7 Å². The molecule has 0 spiro atoms. The minimum absolute atomic E-state index is 0.241. The van der Waals surface area contributed by atoms with Crippen LogP contribution in [-0.4, -0.2) is 96.1 Å². The molecule has 4 heterocycles. The van der Waals surface area contributed by atoms with Crippen molar-refractivity contribution in [2.45, 2.75) is 26.7 Å². The molecule has 0 atom stereocenters. The van der Waals surface area contributed by atoms with E-state index in [9.17, 15) is 19.2 Å². The van der Waals surface area contributed by atoms with Crippen LogP contribution in [0, 0.1) is 13.8 Å². The number of aryl methyl sites for hydroxylation is 4. The van der Waals surface area contributed by atoms with E-state index < -0.39 is 0 Å². The fraction of sp³-hybridized carbons (Fsp3) is 0.333. The summed E-state index contributed by atoms with van der Waals surface area (Å²) >= 11 is 0. The molecule has 0 saturated heterocycles. The number of benzene rings is 4. The Balaban J connectivity index is 0.807. The summed E-state index contributed by atoms with van der Waals surface area (Å²) in [6.07, 6.45) is 1.25. The number of hydrogen-bond donors (Lipinski definition) is 2. The zero-order chi connectivity index (χ0) is 38.0. The highest BCUT2D eigenvalue weighted by Gasteiger charge is 2.39. The largest absolute Gasteiger partial charge is 0.497 e. The van der Waals surface area contributed by atoms with Crippen LogP contribution in [0.1, 0.15) is 65.4 Å². The van der Waals surface area contributed by atoms with E-state index in [2.05, 4.69) is 19.8 Å². The van der Waals surface area contributed by atoms with Crippen LogP contribution in [0.15, 0.2) is 48.5 Å². The lowest BCUT2D eigenvalue weighted by Crippen LogP contribution is -2.35. The SMILES string of the molecule is COc1ccc2c(c1)c1cc3c(c(C)c1n2C)C(=O)N(CCCNCCNCCCN1C(=O)c2cc4c5cc(OC)ccc5n(C)c4c(C)c2C1=O)C3=O. The first-order valence-corrected chi connectivity index (χ1v) is 18.4. The summed E-state index contributed by atoms with van der Waals surface area (Å²) in [6.45, 7) is 7.18. The van der Waals surface area contributed by atoms with Crippen LogP contribution in [0.3, 0.4) is 0 Å². The van der Waals surface area contributed by atoms with E-state index in [1.807, 2.05) is 76.5 Å². The summed E-state index contributed by atoms with van der Waals surface area (Å²) in [7, 11) is 7.22. The highest BCUT2D eigenvalue weighted by molar-refractivity contribution is 6.27. The molecule has 54 heavy (non-hydrogen) atoms. The molecular weight excluding hydrogens is 684 g/mol. The second kappa shape index (κ2) is 13.6. The van der Waals surface area contributed by atoms with Crippen molar-refractivity contribution in [2.75, 3.05) is 53.5 Å². The number of fused-ring (bicyclic) bond motifs is 8. The average Bonchev–Trinajstić information content (AvgIpc) is 3.80. The van der Waals surface area contributed by atoms with Crippen molar-refractivity contribution in [3.63, 3.8) is 0 Å². The second-order valence-electron chi connectivity index (χ2n) is 14.3. The Morgan fingerprint density at radius 3 is 1.33 bits per heavy atom. The molecule has 2 aliphatic rings. The molecule has 12 heteroatoms. The molecule has 4 aromatic carbocycles. The van der Waals surface area contributed by atoms with Gasteiger partial charge < -0.3 is 29.2 Å². The van der Waals surface area contributed by atoms with Crippen LogP contribution in [0.25, 0.3) is 43.6 Å². The number of carbonyl (C=O) groups excluding carboxylic acids is 4. The van der Waals surface area contributed by atoms with Gasteiger partial charge in [-0.25, -0.2) is 0 Å². The summed E-state index contributed by atoms with van der Waals surface area (Å²) in [4.78, 5) is 56.7. The highest BCUT2D eigenvalue weighted by Crippen LogP contribution is 2.40. The first-order valence-electron chi connectivity index (χ1n) is 18.4. The van der Waals surface area contributed by atoms with E-state index in [1.54, 1.807) is 14.2 Å². The van der Waals surface area contributed by atoms with Gasteiger partial charge in [-0.15, -0.1) is 0 Å². The maximum atomic E-state index is 13.5. The standard InChI is InChI=1S/C42H44N6O6/c1-23-35-31(21-29-27-19-25(53-5)9-11-33(27)45(3)37(23)29)39(49)47(41(35)51)17-7-13-43-15-16-44-14-8-18-48-40(50)32-22-30-28-20-26(54-6)10-12-34(28)46(4)38(30)24(2)36(32)42(48)52/h9-12,19-22,43-44H,7-8,13-18H2,1-6H3. The molecule has 0 saturated carbocycles. The molecule has 278 valence electrons. The van der Waals surface area contributed by atoms with Gasteiger partial charge in [0.2, 0.25) is 0 Å². The maximum absolute atomic E-state index is 13.5. The summed E-state index contributed by atoms with van der Waals surface area (Å²) in [5.74, 6) is 0.488. The van der Waals surface area contributed by atoms with Crippen LogP contribution < -0.4 is 20.1 Å². The Labute approximate surface area is 312 Å². The van der Waals surface area contributed by atoms with Gasteiger partial charge in [-0.3, -0.25) is 29.0 Å². The molecule has 0 bridgehead atoms. The molecule has 0 radical (unpaired) electrons. The number of nitrogens with zero attached hydrogens (tertiary/aromatic N) is 4. The minimum Gasteiger partial charge on any atom is -0.497 e. The van der Waals surface area contributed by atoms with Crippen molar-refractivity contribution in [3.05, 3.63) is 81.9 Å². The van der Waals surface area contributed by atoms with Crippen molar-refractivity contribution in [1.82, 2.24) is 29.6 Å². The van der Waals surface area contributed by atoms with E-state index in [4.69, 9.17) is 9.47 Å². The van der Waals surface area contributed by atoms with Gasteiger partial charge in [-0.2, -0.15) is 0 Å². The number of amides is 4. The van der Waals surface area contributed by atoms with E-state index >= 15 is 0 Å². The number of carbonyl (C=O) groups is 4. The van der Waals surface area contributed by atoms with Gasteiger partial charge in [-0.05, 0) is 99.4 Å². The topological polar surface area (TPSA) is 127 Å². The summed E-state index contributed by atoms with van der Waals surface area (Å²) < 4.78 is 15.0.